The van der Waals surface area contributed by atoms with Crippen molar-refractivity contribution in [3.8, 4) is 5.75 Å². The average Bonchev–Trinajstić information content (AvgIpc) is 2.81. The molecule has 2 rings (SSSR count). The lowest BCUT2D eigenvalue weighted by Crippen LogP contribution is -2.26. The Morgan fingerprint density at radius 2 is 1.85 bits per heavy atom. The molecule has 1 heterocycles. The molecule has 2 N–H and O–H groups in total. The Bertz CT molecular complexity index is 601. The highest BCUT2D eigenvalue weighted by Gasteiger charge is 2.04. The van der Waals surface area contributed by atoms with Crippen LogP contribution in [-0.4, -0.2) is 15.7 Å². The van der Waals surface area contributed by atoms with Gasteiger partial charge in [0, 0.05) is 31.0 Å². The summed E-state index contributed by atoms with van der Waals surface area (Å²) < 4.78 is 9.09. The van der Waals surface area contributed by atoms with Crippen LogP contribution in [0.3, 0.4) is 0 Å². The molecule has 0 fully saturated rings. The molecule has 0 saturated carbocycles. The molecule has 0 unspecified atom stereocenters. The van der Waals surface area contributed by atoms with Gasteiger partial charge in [-0.25, -0.2) is 4.79 Å². The van der Waals surface area contributed by atoms with E-state index in [0.717, 1.165) is 24.3 Å². The first-order valence-corrected chi connectivity index (χ1v) is 6.92. The number of hydrogen-bond acceptors (Lipinski definition) is 3. The molecule has 108 valence electrons. The van der Waals surface area contributed by atoms with E-state index in [1.807, 2.05) is 30.5 Å². The molecule has 0 aliphatic heterocycles. The highest BCUT2D eigenvalue weighted by atomic mass is 16.5. The quantitative estimate of drug-likeness (QED) is 0.835. The molecule has 5 heteroatoms. The van der Waals surface area contributed by atoms with Gasteiger partial charge in [-0.15, -0.1) is 0 Å². The lowest BCUT2D eigenvalue weighted by atomic mass is 10.2. The summed E-state index contributed by atoms with van der Waals surface area (Å²) in [4.78, 5) is 12.0. The van der Waals surface area contributed by atoms with Crippen LogP contribution in [0, 0.1) is 0 Å². The van der Waals surface area contributed by atoms with Crippen LogP contribution in [0.5, 0.6) is 5.75 Å². The molecule has 0 radical (unpaired) electrons. The van der Waals surface area contributed by atoms with Crippen molar-refractivity contribution >= 4 is 0 Å². The van der Waals surface area contributed by atoms with Gasteiger partial charge in [-0.05, 0) is 12.5 Å². The van der Waals surface area contributed by atoms with E-state index in [1.165, 1.54) is 0 Å². The maximum absolute atomic E-state index is 12.0. The van der Waals surface area contributed by atoms with Crippen molar-refractivity contribution in [1.29, 1.82) is 0 Å². The molecular weight excluding hydrogens is 254 g/mol. The van der Waals surface area contributed by atoms with E-state index in [2.05, 4.69) is 6.92 Å². The lowest BCUT2D eigenvalue weighted by Gasteiger charge is -2.10. The van der Waals surface area contributed by atoms with Crippen LogP contribution in [0.4, 0.5) is 0 Å². The summed E-state index contributed by atoms with van der Waals surface area (Å²) in [6, 6.07) is 7.69. The van der Waals surface area contributed by atoms with Crippen molar-refractivity contribution in [2.45, 2.75) is 33.0 Å². The minimum atomic E-state index is 0.0163. The van der Waals surface area contributed by atoms with Gasteiger partial charge in [0.25, 0.3) is 0 Å². The second-order valence-corrected chi connectivity index (χ2v) is 4.63. The number of benzene rings is 1. The number of imidazole rings is 1. The van der Waals surface area contributed by atoms with E-state index in [1.54, 1.807) is 15.3 Å². The minimum Gasteiger partial charge on any atom is -0.491 e. The Morgan fingerprint density at radius 1 is 1.15 bits per heavy atom. The van der Waals surface area contributed by atoms with Gasteiger partial charge in [0.1, 0.15) is 12.4 Å². The number of nitrogens with two attached hydrogens (primary N) is 1. The number of para-hydroxylation sites is 1. The third kappa shape index (κ3) is 3.30. The van der Waals surface area contributed by atoms with Gasteiger partial charge >= 0.3 is 5.69 Å². The monoisotopic (exact) mass is 275 g/mol. The maximum Gasteiger partial charge on any atom is 0.328 e. The fraction of sp³-hybridized carbons (Fsp3) is 0.400. The van der Waals surface area contributed by atoms with Crippen molar-refractivity contribution in [2.24, 2.45) is 5.73 Å². The average molecular weight is 275 g/mol. The Morgan fingerprint density at radius 3 is 2.55 bits per heavy atom. The number of nitrogens with zero attached hydrogens (tertiary/aromatic N) is 2. The van der Waals surface area contributed by atoms with Crippen LogP contribution >= 0.6 is 0 Å². The van der Waals surface area contributed by atoms with Crippen LogP contribution in [0.15, 0.2) is 41.5 Å². The molecule has 5 nitrogen and oxygen atoms in total. The van der Waals surface area contributed by atoms with Gasteiger partial charge < -0.3 is 10.5 Å². The molecule has 0 aliphatic carbocycles. The zero-order valence-electron chi connectivity index (χ0n) is 11.8. The molecule has 1 aromatic heterocycles. The van der Waals surface area contributed by atoms with E-state index < -0.39 is 0 Å². The SMILES string of the molecule is CCCn1ccn(CCOc2ccccc2CN)c1=O. The van der Waals surface area contributed by atoms with Crippen molar-refractivity contribution in [2.75, 3.05) is 6.61 Å². The highest BCUT2D eigenvalue weighted by molar-refractivity contribution is 5.32. The Labute approximate surface area is 118 Å². The van der Waals surface area contributed by atoms with E-state index in [0.29, 0.717) is 19.7 Å². The summed E-state index contributed by atoms with van der Waals surface area (Å²) in [7, 11) is 0. The number of aromatic nitrogens is 2. The van der Waals surface area contributed by atoms with Crippen molar-refractivity contribution < 1.29 is 4.74 Å². The minimum absolute atomic E-state index is 0.0163. The van der Waals surface area contributed by atoms with Gasteiger partial charge in [-0.3, -0.25) is 9.13 Å². The molecule has 0 aliphatic rings. The molecule has 20 heavy (non-hydrogen) atoms. The zero-order valence-corrected chi connectivity index (χ0v) is 11.8. The van der Waals surface area contributed by atoms with E-state index in [4.69, 9.17) is 10.5 Å². The summed E-state index contributed by atoms with van der Waals surface area (Å²) >= 11 is 0. The Kier molecular flexibility index (Phi) is 5.01. The molecule has 0 spiro atoms. The summed E-state index contributed by atoms with van der Waals surface area (Å²) in [6.45, 7) is 4.24. The number of aryl methyl sites for hydroxylation is 1. The first kappa shape index (κ1) is 14.4. The number of hydrogen-bond donors (Lipinski definition) is 1. The topological polar surface area (TPSA) is 62.2 Å². The van der Waals surface area contributed by atoms with E-state index >= 15 is 0 Å². The van der Waals surface area contributed by atoms with Crippen LogP contribution < -0.4 is 16.2 Å². The Balaban J connectivity index is 1.94. The van der Waals surface area contributed by atoms with E-state index in [9.17, 15) is 4.79 Å². The maximum atomic E-state index is 12.0. The smallest absolute Gasteiger partial charge is 0.328 e. The molecule has 0 atom stereocenters. The molecule has 0 amide bonds. The van der Waals surface area contributed by atoms with Gasteiger partial charge in [-0.2, -0.15) is 0 Å². The number of rotatable bonds is 7. The third-order valence-electron chi connectivity index (χ3n) is 3.16. The predicted molar refractivity (Wildman–Crippen MR) is 78.8 cm³/mol. The summed E-state index contributed by atoms with van der Waals surface area (Å²) in [5.41, 5.74) is 6.65. The standard InChI is InChI=1S/C15H21N3O2/c1-2-7-17-8-9-18(15(17)19)10-11-20-14-6-4-3-5-13(14)12-16/h3-6,8-9H,2,7,10-12,16H2,1H3. The van der Waals surface area contributed by atoms with Gasteiger partial charge in [-0.1, -0.05) is 25.1 Å². The normalized spacial score (nSPS) is 10.7. The summed E-state index contributed by atoms with van der Waals surface area (Å²) in [5.74, 6) is 0.788. The second kappa shape index (κ2) is 6.96. The van der Waals surface area contributed by atoms with Crippen LogP contribution in [0.25, 0.3) is 0 Å². The fourth-order valence-corrected chi connectivity index (χ4v) is 2.10. The zero-order chi connectivity index (χ0) is 14.4. The first-order chi connectivity index (χ1) is 9.76. The van der Waals surface area contributed by atoms with Gasteiger partial charge in [0.05, 0.1) is 6.54 Å². The van der Waals surface area contributed by atoms with Crippen LogP contribution in [0.1, 0.15) is 18.9 Å². The van der Waals surface area contributed by atoms with Crippen LogP contribution in [0.2, 0.25) is 0 Å². The van der Waals surface area contributed by atoms with Crippen LogP contribution in [-0.2, 0) is 19.6 Å². The second-order valence-electron chi connectivity index (χ2n) is 4.63. The van der Waals surface area contributed by atoms with E-state index in [-0.39, 0.29) is 5.69 Å². The summed E-state index contributed by atoms with van der Waals surface area (Å²) in [6.07, 6.45) is 4.57. The van der Waals surface area contributed by atoms with Crippen molar-refractivity contribution in [3.63, 3.8) is 0 Å². The molecular formula is C15H21N3O2. The molecule has 0 saturated heterocycles. The van der Waals surface area contributed by atoms with Gasteiger partial charge in [0.2, 0.25) is 0 Å². The fourth-order valence-electron chi connectivity index (χ4n) is 2.10. The first-order valence-electron chi connectivity index (χ1n) is 6.92. The molecule has 2 aromatic rings. The lowest BCUT2D eigenvalue weighted by molar-refractivity contribution is 0.293. The molecule has 1 aromatic carbocycles. The van der Waals surface area contributed by atoms with Gasteiger partial charge in [0.15, 0.2) is 0 Å². The highest BCUT2D eigenvalue weighted by Crippen LogP contribution is 2.16. The number of ether oxygens (including phenoxy) is 1. The van der Waals surface area contributed by atoms with Crippen molar-refractivity contribution in [3.05, 3.63) is 52.7 Å². The Hall–Kier alpha value is -2.01. The van der Waals surface area contributed by atoms with Crippen molar-refractivity contribution in [1.82, 2.24) is 9.13 Å². The predicted octanol–water partition coefficient (Wildman–Crippen LogP) is 1.60. The summed E-state index contributed by atoms with van der Waals surface area (Å²) in [5, 5.41) is 0. The largest absolute Gasteiger partial charge is 0.491 e. The third-order valence-corrected chi connectivity index (χ3v) is 3.16. The molecule has 0 bridgehead atoms.